The van der Waals surface area contributed by atoms with Gasteiger partial charge in [0, 0.05) is 6.42 Å². The summed E-state index contributed by atoms with van der Waals surface area (Å²) < 4.78 is 18.4. The summed E-state index contributed by atoms with van der Waals surface area (Å²) in [4.78, 5) is 0. The summed E-state index contributed by atoms with van der Waals surface area (Å²) in [5, 5.41) is 9.47. The Kier molecular flexibility index (Phi) is 2.42. The highest BCUT2D eigenvalue weighted by Crippen LogP contribution is 2.26. The van der Waals surface area contributed by atoms with E-state index in [9.17, 15) is 9.50 Å². The Labute approximate surface area is 72.0 Å². The smallest absolute Gasteiger partial charge is 0.134 e. The van der Waals surface area contributed by atoms with Gasteiger partial charge in [0.15, 0.2) is 0 Å². The number of hydrogen-bond acceptors (Lipinski definition) is 2. The third-order valence-electron chi connectivity index (χ3n) is 2.03. The Morgan fingerprint density at radius 1 is 1.75 bits per heavy atom. The van der Waals surface area contributed by atoms with Crippen molar-refractivity contribution in [2.24, 2.45) is 0 Å². The maximum absolute atomic E-state index is 13.2. The summed E-state index contributed by atoms with van der Waals surface area (Å²) in [7, 11) is 0. The SMILES string of the molecule is CC1=CCC(C(O)C(C)(C)F)O1. The van der Waals surface area contributed by atoms with Crippen LogP contribution in [-0.2, 0) is 4.74 Å². The predicted molar refractivity (Wildman–Crippen MR) is 44.4 cm³/mol. The van der Waals surface area contributed by atoms with Gasteiger partial charge in [0.1, 0.15) is 17.9 Å². The van der Waals surface area contributed by atoms with Gasteiger partial charge in [-0.2, -0.15) is 0 Å². The van der Waals surface area contributed by atoms with E-state index < -0.39 is 17.9 Å². The Bertz CT molecular complexity index is 193. The molecule has 0 saturated carbocycles. The summed E-state index contributed by atoms with van der Waals surface area (Å²) in [6, 6.07) is 0. The van der Waals surface area contributed by atoms with E-state index in [2.05, 4.69) is 0 Å². The molecular formula is C9H15FO2. The van der Waals surface area contributed by atoms with Gasteiger partial charge in [0.25, 0.3) is 0 Å². The molecular weight excluding hydrogens is 159 g/mol. The third kappa shape index (κ3) is 1.97. The van der Waals surface area contributed by atoms with Gasteiger partial charge in [-0.3, -0.25) is 0 Å². The van der Waals surface area contributed by atoms with Gasteiger partial charge in [0.05, 0.1) is 5.76 Å². The highest BCUT2D eigenvalue weighted by Gasteiger charge is 2.36. The van der Waals surface area contributed by atoms with Crippen LogP contribution in [0.15, 0.2) is 11.8 Å². The highest BCUT2D eigenvalue weighted by molar-refractivity contribution is 5.02. The molecule has 0 bridgehead atoms. The minimum Gasteiger partial charge on any atom is -0.492 e. The van der Waals surface area contributed by atoms with E-state index in [1.165, 1.54) is 13.8 Å². The lowest BCUT2D eigenvalue weighted by molar-refractivity contribution is -0.0670. The summed E-state index contributed by atoms with van der Waals surface area (Å²) in [5.74, 6) is 0.767. The Morgan fingerprint density at radius 3 is 2.67 bits per heavy atom. The van der Waals surface area contributed by atoms with Gasteiger partial charge in [-0.25, -0.2) is 4.39 Å². The van der Waals surface area contributed by atoms with Gasteiger partial charge in [-0.15, -0.1) is 0 Å². The van der Waals surface area contributed by atoms with Crippen molar-refractivity contribution >= 4 is 0 Å². The fraction of sp³-hybridized carbons (Fsp3) is 0.778. The van der Waals surface area contributed by atoms with Gasteiger partial charge >= 0.3 is 0 Å². The molecule has 3 heteroatoms. The molecule has 1 aliphatic heterocycles. The van der Waals surface area contributed by atoms with Crippen molar-refractivity contribution in [3.8, 4) is 0 Å². The van der Waals surface area contributed by atoms with Crippen molar-refractivity contribution in [1.82, 2.24) is 0 Å². The van der Waals surface area contributed by atoms with E-state index >= 15 is 0 Å². The summed E-state index contributed by atoms with van der Waals surface area (Å²) in [6.45, 7) is 4.52. The Hall–Kier alpha value is -0.570. The Morgan fingerprint density at radius 2 is 2.33 bits per heavy atom. The summed E-state index contributed by atoms with van der Waals surface area (Å²) in [6.07, 6.45) is 0.996. The largest absolute Gasteiger partial charge is 0.492 e. The molecule has 0 saturated heterocycles. The zero-order valence-electron chi connectivity index (χ0n) is 7.67. The van der Waals surface area contributed by atoms with Crippen LogP contribution in [0.5, 0.6) is 0 Å². The molecule has 1 aliphatic rings. The predicted octanol–water partition coefficient (Wildman–Crippen LogP) is 1.79. The van der Waals surface area contributed by atoms with E-state index in [1.807, 2.05) is 6.08 Å². The van der Waals surface area contributed by atoms with E-state index in [1.54, 1.807) is 6.92 Å². The topological polar surface area (TPSA) is 29.5 Å². The van der Waals surface area contributed by atoms with Crippen molar-refractivity contribution in [1.29, 1.82) is 0 Å². The van der Waals surface area contributed by atoms with Gasteiger partial charge in [-0.1, -0.05) is 0 Å². The quantitative estimate of drug-likeness (QED) is 0.691. The number of allylic oxidation sites excluding steroid dienone is 1. The van der Waals surface area contributed by atoms with Gasteiger partial charge in [-0.05, 0) is 26.8 Å². The lowest BCUT2D eigenvalue weighted by Crippen LogP contribution is -2.41. The minimum absolute atomic E-state index is 0.412. The van der Waals surface area contributed by atoms with Gasteiger partial charge in [0.2, 0.25) is 0 Å². The number of aliphatic hydroxyl groups is 1. The number of ether oxygens (including phenoxy) is 1. The van der Waals surface area contributed by atoms with Crippen LogP contribution in [0.2, 0.25) is 0 Å². The molecule has 2 atom stereocenters. The molecule has 0 aromatic heterocycles. The molecule has 1 heterocycles. The Balaban J connectivity index is 2.51. The molecule has 2 unspecified atom stereocenters. The van der Waals surface area contributed by atoms with Crippen LogP contribution >= 0.6 is 0 Å². The van der Waals surface area contributed by atoms with Crippen molar-refractivity contribution in [2.75, 3.05) is 0 Å². The van der Waals surface area contributed by atoms with E-state index in [0.717, 1.165) is 5.76 Å². The lowest BCUT2D eigenvalue weighted by atomic mass is 9.97. The fourth-order valence-electron chi connectivity index (χ4n) is 1.25. The zero-order chi connectivity index (χ0) is 9.35. The van der Waals surface area contributed by atoms with Crippen LogP contribution in [0, 0.1) is 0 Å². The molecule has 12 heavy (non-hydrogen) atoms. The number of aliphatic hydroxyl groups excluding tert-OH is 1. The van der Waals surface area contributed by atoms with E-state index in [0.29, 0.717) is 6.42 Å². The van der Waals surface area contributed by atoms with E-state index in [4.69, 9.17) is 4.74 Å². The molecule has 0 spiro atoms. The number of alkyl halides is 1. The second-order valence-corrected chi connectivity index (χ2v) is 3.72. The van der Waals surface area contributed by atoms with Crippen LogP contribution in [0.3, 0.4) is 0 Å². The number of rotatable bonds is 2. The molecule has 0 radical (unpaired) electrons. The molecule has 1 N–H and O–H groups in total. The molecule has 2 nitrogen and oxygen atoms in total. The monoisotopic (exact) mass is 174 g/mol. The van der Waals surface area contributed by atoms with Crippen LogP contribution in [0.25, 0.3) is 0 Å². The second-order valence-electron chi connectivity index (χ2n) is 3.72. The maximum atomic E-state index is 13.2. The first-order valence-electron chi connectivity index (χ1n) is 4.11. The first-order valence-corrected chi connectivity index (χ1v) is 4.11. The molecule has 0 aliphatic carbocycles. The average Bonchev–Trinajstić information content (AvgIpc) is 2.32. The number of hydrogen-bond donors (Lipinski definition) is 1. The molecule has 0 amide bonds. The van der Waals surface area contributed by atoms with Crippen LogP contribution in [0.4, 0.5) is 4.39 Å². The number of halogens is 1. The molecule has 0 aromatic rings. The van der Waals surface area contributed by atoms with Crippen molar-refractivity contribution in [3.05, 3.63) is 11.8 Å². The molecule has 0 aromatic carbocycles. The molecule has 0 fully saturated rings. The second kappa shape index (κ2) is 3.05. The van der Waals surface area contributed by atoms with Crippen LogP contribution in [0.1, 0.15) is 27.2 Å². The maximum Gasteiger partial charge on any atom is 0.134 e. The minimum atomic E-state index is -1.59. The first-order chi connectivity index (χ1) is 5.41. The van der Waals surface area contributed by atoms with Crippen molar-refractivity contribution < 1.29 is 14.2 Å². The van der Waals surface area contributed by atoms with Gasteiger partial charge < -0.3 is 9.84 Å². The standard InChI is InChI=1S/C9H15FO2/c1-6-4-5-7(12-6)8(11)9(2,3)10/h4,7-8,11H,5H2,1-3H3. The fourth-order valence-corrected chi connectivity index (χ4v) is 1.25. The average molecular weight is 174 g/mol. The van der Waals surface area contributed by atoms with Crippen molar-refractivity contribution in [3.63, 3.8) is 0 Å². The van der Waals surface area contributed by atoms with E-state index in [-0.39, 0.29) is 0 Å². The van der Waals surface area contributed by atoms with Crippen LogP contribution in [-0.4, -0.2) is 23.0 Å². The summed E-state index contributed by atoms with van der Waals surface area (Å²) in [5.41, 5.74) is -1.59. The normalized spacial score (nSPS) is 26.4. The third-order valence-corrected chi connectivity index (χ3v) is 2.03. The summed E-state index contributed by atoms with van der Waals surface area (Å²) >= 11 is 0. The zero-order valence-corrected chi connectivity index (χ0v) is 7.67. The van der Waals surface area contributed by atoms with Crippen LogP contribution < -0.4 is 0 Å². The molecule has 70 valence electrons. The molecule has 1 rings (SSSR count). The van der Waals surface area contributed by atoms with Crippen molar-refractivity contribution in [2.45, 2.75) is 45.1 Å². The first kappa shape index (κ1) is 9.52. The lowest BCUT2D eigenvalue weighted by Gasteiger charge is -2.27. The highest BCUT2D eigenvalue weighted by atomic mass is 19.1.